The number of methoxy groups -OCH3 is 2. The molecule has 1 saturated heterocycles. The van der Waals surface area contributed by atoms with Crippen molar-refractivity contribution >= 4 is 34.7 Å². The van der Waals surface area contributed by atoms with Crippen LogP contribution in [0.4, 0.5) is 5.69 Å². The fraction of sp³-hybridized carbons (Fsp3) is 0.120. The average Bonchev–Trinajstić information content (AvgIpc) is 3.09. The van der Waals surface area contributed by atoms with Gasteiger partial charge in [0.25, 0.3) is 11.7 Å². The number of benzene rings is 3. The number of ketones is 1. The van der Waals surface area contributed by atoms with Crippen molar-refractivity contribution in [3.63, 3.8) is 0 Å². The lowest BCUT2D eigenvalue weighted by atomic mass is 9.94. The summed E-state index contributed by atoms with van der Waals surface area (Å²) in [5, 5.41) is 11.6. The number of hydrogen-bond donors (Lipinski definition) is 1. The zero-order chi connectivity index (χ0) is 22.8. The molecule has 0 radical (unpaired) electrons. The molecule has 1 aliphatic rings. The summed E-state index contributed by atoms with van der Waals surface area (Å²) in [5.41, 5.74) is 1.48. The van der Waals surface area contributed by atoms with Gasteiger partial charge in [-0.1, -0.05) is 35.9 Å². The molecule has 0 aliphatic carbocycles. The Kier molecular flexibility index (Phi) is 5.88. The van der Waals surface area contributed by atoms with E-state index in [0.717, 1.165) is 0 Å². The molecular weight excluding hydrogens is 430 g/mol. The molecule has 0 bridgehead atoms. The SMILES string of the molecule is COc1ccc([C@@H]2C(=C(O)c3ccc(Cl)cc3)C(=O)C(=O)N2c2ccccc2)cc1OC. The highest BCUT2D eigenvalue weighted by atomic mass is 35.5. The van der Waals surface area contributed by atoms with Crippen LogP contribution >= 0.6 is 11.6 Å². The molecule has 1 heterocycles. The quantitative estimate of drug-likeness (QED) is 0.337. The van der Waals surface area contributed by atoms with Gasteiger partial charge in [-0.3, -0.25) is 14.5 Å². The van der Waals surface area contributed by atoms with Crippen molar-refractivity contribution in [2.24, 2.45) is 0 Å². The third kappa shape index (κ3) is 3.69. The van der Waals surface area contributed by atoms with Gasteiger partial charge >= 0.3 is 0 Å². The molecule has 0 spiro atoms. The first-order valence-electron chi connectivity index (χ1n) is 9.80. The number of carbonyl (C=O) groups is 2. The average molecular weight is 450 g/mol. The van der Waals surface area contributed by atoms with Crippen LogP contribution in [-0.2, 0) is 9.59 Å². The second-order valence-corrected chi connectivity index (χ2v) is 7.56. The summed E-state index contributed by atoms with van der Waals surface area (Å²) in [6.07, 6.45) is 0. The molecule has 1 fully saturated rings. The van der Waals surface area contributed by atoms with Crippen molar-refractivity contribution in [2.75, 3.05) is 19.1 Å². The van der Waals surface area contributed by atoms with E-state index >= 15 is 0 Å². The molecule has 0 aromatic heterocycles. The Bertz CT molecular complexity index is 1200. The van der Waals surface area contributed by atoms with Gasteiger partial charge in [0.2, 0.25) is 0 Å². The van der Waals surface area contributed by atoms with Crippen molar-refractivity contribution in [3.05, 3.63) is 94.5 Å². The number of para-hydroxylation sites is 1. The molecule has 1 amide bonds. The van der Waals surface area contributed by atoms with Crippen LogP contribution in [0.1, 0.15) is 17.2 Å². The normalized spacial score (nSPS) is 17.5. The van der Waals surface area contributed by atoms with Crippen molar-refractivity contribution in [1.29, 1.82) is 0 Å². The van der Waals surface area contributed by atoms with Gasteiger partial charge in [-0.25, -0.2) is 0 Å². The van der Waals surface area contributed by atoms with Gasteiger partial charge in [0.05, 0.1) is 25.8 Å². The summed E-state index contributed by atoms with van der Waals surface area (Å²) in [6, 6.07) is 19.5. The van der Waals surface area contributed by atoms with Crippen LogP contribution in [-0.4, -0.2) is 31.0 Å². The molecular formula is C25H20ClNO5. The van der Waals surface area contributed by atoms with Crippen LogP contribution in [0.5, 0.6) is 11.5 Å². The lowest BCUT2D eigenvalue weighted by Crippen LogP contribution is -2.29. The van der Waals surface area contributed by atoms with E-state index in [1.54, 1.807) is 66.7 Å². The number of rotatable bonds is 5. The standard InChI is InChI=1S/C25H20ClNO5/c1-31-19-13-10-16(14-20(19)32-2)22-21(23(28)15-8-11-17(26)12-9-15)24(29)25(30)27(22)18-6-4-3-5-7-18/h3-14,22,28H,1-2H3/t22-/m1/s1. The molecule has 0 unspecified atom stereocenters. The Morgan fingerprint density at radius 1 is 0.906 bits per heavy atom. The summed E-state index contributed by atoms with van der Waals surface area (Å²) in [7, 11) is 3.03. The van der Waals surface area contributed by atoms with E-state index < -0.39 is 17.7 Å². The van der Waals surface area contributed by atoms with Crippen LogP contribution in [0.3, 0.4) is 0 Å². The van der Waals surface area contributed by atoms with Crippen molar-refractivity contribution in [1.82, 2.24) is 0 Å². The molecule has 32 heavy (non-hydrogen) atoms. The van der Waals surface area contributed by atoms with Gasteiger partial charge in [-0.2, -0.15) is 0 Å². The second kappa shape index (κ2) is 8.77. The Hall–Kier alpha value is -3.77. The molecule has 4 rings (SSSR count). The number of anilines is 1. The fourth-order valence-electron chi connectivity index (χ4n) is 3.79. The topological polar surface area (TPSA) is 76.1 Å². The van der Waals surface area contributed by atoms with E-state index in [4.69, 9.17) is 21.1 Å². The minimum absolute atomic E-state index is 0.0200. The Balaban J connectivity index is 1.96. The largest absolute Gasteiger partial charge is 0.507 e. The van der Waals surface area contributed by atoms with E-state index in [1.165, 1.54) is 19.1 Å². The molecule has 3 aromatic rings. The monoisotopic (exact) mass is 449 g/mol. The number of hydrogen-bond acceptors (Lipinski definition) is 5. The van der Waals surface area contributed by atoms with Gasteiger partial charge in [0.1, 0.15) is 5.76 Å². The molecule has 1 N–H and O–H groups in total. The molecule has 1 atom stereocenters. The van der Waals surface area contributed by atoms with Gasteiger partial charge < -0.3 is 14.6 Å². The summed E-state index contributed by atoms with van der Waals surface area (Å²) in [6.45, 7) is 0. The molecule has 0 saturated carbocycles. The zero-order valence-electron chi connectivity index (χ0n) is 17.4. The zero-order valence-corrected chi connectivity index (χ0v) is 18.2. The molecule has 7 heteroatoms. The lowest BCUT2D eigenvalue weighted by Gasteiger charge is -2.26. The van der Waals surface area contributed by atoms with E-state index in [0.29, 0.717) is 33.3 Å². The number of halogens is 1. The summed E-state index contributed by atoms with van der Waals surface area (Å²) >= 11 is 5.96. The molecule has 1 aliphatic heterocycles. The number of ether oxygens (including phenoxy) is 2. The third-order valence-corrected chi connectivity index (χ3v) is 5.57. The first-order valence-corrected chi connectivity index (χ1v) is 10.2. The van der Waals surface area contributed by atoms with Crippen LogP contribution in [0.25, 0.3) is 5.76 Å². The maximum Gasteiger partial charge on any atom is 0.300 e. The highest BCUT2D eigenvalue weighted by molar-refractivity contribution is 6.51. The Morgan fingerprint density at radius 3 is 2.19 bits per heavy atom. The summed E-state index contributed by atoms with van der Waals surface area (Å²) < 4.78 is 10.7. The smallest absolute Gasteiger partial charge is 0.300 e. The van der Waals surface area contributed by atoms with Crippen molar-refractivity contribution in [2.45, 2.75) is 6.04 Å². The predicted octanol–water partition coefficient (Wildman–Crippen LogP) is 4.98. The van der Waals surface area contributed by atoms with Gasteiger partial charge in [-0.15, -0.1) is 0 Å². The highest BCUT2D eigenvalue weighted by Crippen LogP contribution is 2.44. The number of carbonyl (C=O) groups excluding carboxylic acids is 2. The van der Waals surface area contributed by atoms with E-state index in [-0.39, 0.29) is 11.3 Å². The Morgan fingerprint density at radius 2 is 1.56 bits per heavy atom. The number of aliphatic hydroxyl groups is 1. The van der Waals surface area contributed by atoms with Crippen LogP contribution in [0, 0.1) is 0 Å². The summed E-state index contributed by atoms with van der Waals surface area (Å²) in [4.78, 5) is 27.6. The molecule has 6 nitrogen and oxygen atoms in total. The van der Waals surface area contributed by atoms with Gasteiger partial charge in [0, 0.05) is 16.3 Å². The molecule has 162 valence electrons. The van der Waals surface area contributed by atoms with Crippen LogP contribution in [0.2, 0.25) is 5.02 Å². The minimum atomic E-state index is -0.868. The van der Waals surface area contributed by atoms with Crippen molar-refractivity contribution in [3.8, 4) is 11.5 Å². The first kappa shape index (κ1) is 21.5. The third-order valence-electron chi connectivity index (χ3n) is 5.32. The van der Waals surface area contributed by atoms with E-state index in [1.807, 2.05) is 6.07 Å². The second-order valence-electron chi connectivity index (χ2n) is 7.13. The molecule has 3 aromatic carbocycles. The number of amides is 1. The number of nitrogens with zero attached hydrogens (tertiary/aromatic N) is 1. The first-order chi connectivity index (χ1) is 15.5. The van der Waals surface area contributed by atoms with Crippen LogP contribution < -0.4 is 14.4 Å². The van der Waals surface area contributed by atoms with E-state index in [9.17, 15) is 14.7 Å². The summed E-state index contributed by atoms with van der Waals surface area (Å²) in [5.74, 6) is -0.841. The van der Waals surface area contributed by atoms with Gasteiger partial charge in [-0.05, 0) is 54.1 Å². The van der Waals surface area contributed by atoms with Crippen LogP contribution in [0.15, 0.2) is 78.4 Å². The Labute approximate surface area is 190 Å². The van der Waals surface area contributed by atoms with Gasteiger partial charge in [0.15, 0.2) is 11.5 Å². The minimum Gasteiger partial charge on any atom is -0.507 e. The fourth-order valence-corrected chi connectivity index (χ4v) is 3.91. The number of Topliss-reactive ketones (excluding diaryl/α,β-unsaturated/α-hetero) is 1. The predicted molar refractivity (Wildman–Crippen MR) is 122 cm³/mol. The maximum absolute atomic E-state index is 13.1. The maximum atomic E-state index is 13.1. The van der Waals surface area contributed by atoms with E-state index in [2.05, 4.69) is 0 Å². The number of aliphatic hydroxyl groups excluding tert-OH is 1. The lowest BCUT2D eigenvalue weighted by molar-refractivity contribution is -0.132. The van der Waals surface area contributed by atoms with Crippen molar-refractivity contribution < 1.29 is 24.2 Å². The highest BCUT2D eigenvalue weighted by Gasteiger charge is 2.47.